The molecule has 5 rings (SSSR count). The van der Waals surface area contributed by atoms with E-state index in [1.54, 1.807) is 18.5 Å². The SMILES string of the molecule is CC1CCN(c2nc3ccc(F)cc3c(=O)[nH]2)CCN1C(=O)c1ccccc1-n1nccn1. The summed E-state index contributed by atoms with van der Waals surface area (Å²) < 4.78 is 13.5. The molecule has 4 aromatic rings. The largest absolute Gasteiger partial charge is 0.340 e. The van der Waals surface area contributed by atoms with E-state index in [4.69, 9.17) is 0 Å². The van der Waals surface area contributed by atoms with Gasteiger partial charge in [0, 0.05) is 25.7 Å². The van der Waals surface area contributed by atoms with Gasteiger partial charge in [-0.2, -0.15) is 15.0 Å². The van der Waals surface area contributed by atoms with Crippen molar-refractivity contribution >= 4 is 22.8 Å². The van der Waals surface area contributed by atoms with E-state index in [2.05, 4.69) is 20.2 Å². The van der Waals surface area contributed by atoms with Crippen molar-refractivity contribution in [3.05, 3.63) is 76.6 Å². The predicted molar refractivity (Wildman–Crippen MR) is 121 cm³/mol. The van der Waals surface area contributed by atoms with Crippen LogP contribution in [0, 0.1) is 5.82 Å². The van der Waals surface area contributed by atoms with Crippen LogP contribution in [-0.4, -0.2) is 61.4 Å². The highest BCUT2D eigenvalue weighted by Gasteiger charge is 2.28. The van der Waals surface area contributed by atoms with E-state index < -0.39 is 5.82 Å². The minimum Gasteiger partial charge on any atom is -0.340 e. The molecular weight excluding hydrogens is 425 g/mol. The summed E-state index contributed by atoms with van der Waals surface area (Å²) in [5, 5.41) is 8.54. The van der Waals surface area contributed by atoms with Gasteiger partial charge in [0.1, 0.15) is 5.82 Å². The Kier molecular flexibility index (Phi) is 5.33. The van der Waals surface area contributed by atoms with Crippen molar-refractivity contribution in [2.45, 2.75) is 19.4 Å². The Labute approximate surface area is 188 Å². The Balaban J connectivity index is 1.41. The van der Waals surface area contributed by atoms with Crippen LogP contribution in [0.25, 0.3) is 16.6 Å². The standard InChI is InChI=1S/C23H22FN7O2/c1-15-8-11-29(23-27-19-7-6-16(24)14-18(19)21(32)28-23)12-13-30(15)22(33)17-4-2-3-5-20(17)31-25-9-10-26-31/h2-7,9-10,14-15H,8,11-13H2,1H3,(H,27,28,32). The molecule has 168 valence electrons. The second-order valence-electron chi connectivity index (χ2n) is 8.01. The topological polar surface area (TPSA) is 100 Å². The fourth-order valence-electron chi connectivity index (χ4n) is 4.14. The molecule has 1 amide bonds. The van der Waals surface area contributed by atoms with Gasteiger partial charge in [0.15, 0.2) is 0 Å². The van der Waals surface area contributed by atoms with Crippen LogP contribution >= 0.6 is 0 Å². The van der Waals surface area contributed by atoms with Gasteiger partial charge in [-0.1, -0.05) is 12.1 Å². The number of carbonyl (C=O) groups is 1. The van der Waals surface area contributed by atoms with Crippen LogP contribution < -0.4 is 10.5 Å². The smallest absolute Gasteiger partial charge is 0.260 e. The molecule has 2 aromatic heterocycles. The van der Waals surface area contributed by atoms with E-state index in [1.165, 1.54) is 23.0 Å². The molecular formula is C23H22FN7O2. The van der Waals surface area contributed by atoms with E-state index in [1.807, 2.05) is 34.9 Å². The van der Waals surface area contributed by atoms with Crippen LogP contribution in [-0.2, 0) is 0 Å². The monoisotopic (exact) mass is 447 g/mol. The Morgan fingerprint density at radius 1 is 1.09 bits per heavy atom. The third-order valence-electron chi connectivity index (χ3n) is 5.94. The fraction of sp³-hybridized carbons (Fsp3) is 0.261. The van der Waals surface area contributed by atoms with E-state index in [0.29, 0.717) is 48.8 Å². The molecule has 0 aliphatic carbocycles. The van der Waals surface area contributed by atoms with Crippen molar-refractivity contribution in [3.63, 3.8) is 0 Å². The molecule has 10 heteroatoms. The number of rotatable bonds is 3. The first-order valence-electron chi connectivity index (χ1n) is 10.7. The third-order valence-corrected chi connectivity index (χ3v) is 5.94. The molecule has 0 saturated carbocycles. The first kappa shape index (κ1) is 20.8. The maximum absolute atomic E-state index is 13.5. The van der Waals surface area contributed by atoms with Crippen molar-refractivity contribution < 1.29 is 9.18 Å². The zero-order valence-corrected chi connectivity index (χ0v) is 18.0. The summed E-state index contributed by atoms with van der Waals surface area (Å²) in [5.41, 5.74) is 1.18. The maximum atomic E-state index is 13.5. The number of benzene rings is 2. The van der Waals surface area contributed by atoms with Gasteiger partial charge < -0.3 is 9.80 Å². The molecule has 0 spiro atoms. The van der Waals surface area contributed by atoms with Gasteiger partial charge in [-0.3, -0.25) is 14.6 Å². The lowest BCUT2D eigenvalue weighted by Gasteiger charge is -2.27. The first-order valence-corrected chi connectivity index (χ1v) is 10.7. The molecule has 1 atom stereocenters. The molecule has 33 heavy (non-hydrogen) atoms. The number of para-hydroxylation sites is 1. The summed E-state index contributed by atoms with van der Waals surface area (Å²) in [6, 6.07) is 11.2. The molecule has 0 radical (unpaired) electrons. The minimum atomic E-state index is -0.481. The lowest BCUT2D eigenvalue weighted by Crippen LogP contribution is -2.40. The zero-order chi connectivity index (χ0) is 22.9. The predicted octanol–water partition coefficient (Wildman–Crippen LogP) is 2.38. The number of anilines is 1. The molecule has 2 aromatic carbocycles. The third kappa shape index (κ3) is 3.95. The van der Waals surface area contributed by atoms with Crippen molar-refractivity contribution in [2.24, 2.45) is 0 Å². The lowest BCUT2D eigenvalue weighted by molar-refractivity contribution is 0.0705. The number of fused-ring (bicyclic) bond motifs is 1. The summed E-state index contributed by atoms with van der Waals surface area (Å²) in [6.45, 7) is 3.57. The number of nitrogens with zero attached hydrogens (tertiary/aromatic N) is 6. The molecule has 1 aliphatic rings. The van der Waals surface area contributed by atoms with Crippen LogP contribution in [0.2, 0.25) is 0 Å². The Bertz CT molecular complexity index is 1370. The Hall–Kier alpha value is -4.08. The molecule has 0 bridgehead atoms. The van der Waals surface area contributed by atoms with Crippen LogP contribution in [0.1, 0.15) is 23.7 Å². The van der Waals surface area contributed by atoms with Crippen LogP contribution in [0.5, 0.6) is 0 Å². The van der Waals surface area contributed by atoms with Gasteiger partial charge in [-0.15, -0.1) is 0 Å². The van der Waals surface area contributed by atoms with Gasteiger partial charge in [0.05, 0.1) is 34.5 Å². The summed E-state index contributed by atoms with van der Waals surface area (Å²) in [6.07, 6.45) is 3.83. The number of aromatic amines is 1. The number of carbonyl (C=O) groups excluding carboxylic acids is 1. The van der Waals surface area contributed by atoms with Crippen molar-refractivity contribution in [1.29, 1.82) is 0 Å². The summed E-state index contributed by atoms with van der Waals surface area (Å²) in [4.78, 5) is 38.5. The number of hydrogen-bond donors (Lipinski definition) is 1. The summed E-state index contributed by atoms with van der Waals surface area (Å²) >= 11 is 0. The van der Waals surface area contributed by atoms with Gasteiger partial charge in [-0.05, 0) is 43.7 Å². The zero-order valence-electron chi connectivity index (χ0n) is 18.0. The van der Waals surface area contributed by atoms with E-state index in [0.717, 1.165) is 0 Å². The molecule has 1 fully saturated rings. The molecule has 1 aliphatic heterocycles. The highest BCUT2D eigenvalue weighted by Crippen LogP contribution is 2.21. The molecule has 1 saturated heterocycles. The van der Waals surface area contributed by atoms with E-state index >= 15 is 0 Å². The van der Waals surface area contributed by atoms with Crippen LogP contribution in [0.3, 0.4) is 0 Å². The quantitative estimate of drug-likeness (QED) is 0.518. The number of H-pyrrole nitrogens is 1. The van der Waals surface area contributed by atoms with E-state index in [9.17, 15) is 14.0 Å². The number of hydrogen-bond acceptors (Lipinski definition) is 6. The summed E-state index contributed by atoms with van der Waals surface area (Å²) in [5.74, 6) is -0.166. The molecule has 1 unspecified atom stereocenters. The normalized spacial score (nSPS) is 16.7. The first-order chi connectivity index (χ1) is 16.0. The fourth-order valence-corrected chi connectivity index (χ4v) is 4.14. The molecule has 1 N–H and O–H groups in total. The van der Waals surface area contributed by atoms with Gasteiger partial charge in [0.25, 0.3) is 11.5 Å². The number of aromatic nitrogens is 5. The lowest BCUT2D eigenvalue weighted by atomic mass is 10.1. The number of nitrogens with one attached hydrogen (secondary N) is 1. The van der Waals surface area contributed by atoms with E-state index in [-0.39, 0.29) is 22.9 Å². The Morgan fingerprint density at radius 3 is 2.70 bits per heavy atom. The number of halogens is 1. The maximum Gasteiger partial charge on any atom is 0.260 e. The average molecular weight is 447 g/mol. The average Bonchev–Trinajstić information content (AvgIpc) is 3.29. The second kappa shape index (κ2) is 8.45. The molecule has 9 nitrogen and oxygen atoms in total. The van der Waals surface area contributed by atoms with Crippen molar-refractivity contribution in [2.75, 3.05) is 24.5 Å². The van der Waals surface area contributed by atoms with Gasteiger partial charge in [-0.25, -0.2) is 9.37 Å². The second-order valence-corrected chi connectivity index (χ2v) is 8.01. The highest BCUT2D eigenvalue weighted by molar-refractivity contribution is 5.98. The van der Waals surface area contributed by atoms with Crippen LogP contribution in [0.15, 0.2) is 59.7 Å². The van der Waals surface area contributed by atoms with Gasteiger partial charge >= 0.3 is 0 Å². The number of amides is 1. The highest BCUT2D eigenvalue weighted by atomic mass is 19.1. The Morgan fingerprint density at radius 2 is 1.88 bits per heavy atom. The summed E-state index contributed by atoms with van der Waals surface area (Å²) in [7, 11) is 0. The van der Waals surface area contributed by atoms with Crippen molar-refractivity contribution in [3.8, 4) is 5.69 Å². The van der Waals surface area contributed by atoms with Crippen molar-refractivity contribution in [1.82, 2.24) is 29.9 Å². The van der Waals surface area contributed by atoms with Crippen LogP contribution in [0.4, 0.5) is 10.3 Å². The van der Waals surface area contributed by atoms with Gasteiger partial charge in [0.2, 0.25) is 5.95 Å². The minimum absolute atomic E-state index is 0.0255. The molecule has 3 heterocycles.